The monoisotopic (exact) mass is 760 g/mol. The van der Waals surface area contributed by atoms with Gasteiger partial charge >= 0.3 is 0 Å². The molecular weight excluding hydrogens is 729 g/mol. The first-order valence-corrected chi connectivity index (χ1v) is 20.3. The maximum absolute atomic E-state index is 6.46. The Morgan fingerprint density at radius 1 is 0.431 bits per heavy atom. The smallest absolute Gasteiger partial charge is 0.227 e. The maximum Gasteiger partial charge on any atom is 0.227 e. The van der Waals surface area contributed by atoms with Gasteiger partial charge in [0, 0.05) is 37.8 Å². The third-order valence-electron chi connectivity index (χ3n) is 11.3. The van der Waals surface area contributed by atoms with Gasteiger partial charge in [-0.1, -0.05) is 121 Å². The third kappa shape index (κ3) is 5.25. The lowest BCUT2D eigenvalue weighted by atomic mass is 9.98. The minimum absolute atomic E-state index is 0.604. The first-order chi connectivity index (χ1) is 28.7. The molecule has 58 heavy (non-hydrogen) atoms. The molecule has 3 heterocycles. The molecular formula is C53H32N2O2S. The molecule has 4 nitrogen and oxygen atoms in total. The van der Waals surface area contributed by atoms with Gasteiger partial charge < -0.3 is 13.7 Å². The quantitative estimate of drug-likeness (QED) is 0.169. The zero-order valence-electron chi connectivity index (χ0n) is 31.1. The Hall–Kier alpha value is -7.47. The molecule has 0 unspecified atom stereocenters. The van der Waals surface area contributed by atoms with E-state index in [2.05, 4.69) is 157 Å². The molecule has 0 N–H and O–H groups in total. The molecule has 12 aromatic rings. The Kier molecular flexibility index (Phi) is 7.37. The van der Waals surface area contributed by atoms with Crippen LogP contribution >= 0.6 is 11.3 Å². The summed E-state index contributed by atoms with van der Waals surface area (Å²) in [5, 5.41) is 7.04. The van der Waals surface area contributed by atoms with Crippen LogP contribution in [0.15, 0.2) is 203 Å². The zero-order valence-corrected chi connectivity index (χ0v) is 31.9. The van der Waals surface area contributed by atoms with E-state index in [9.17, 15) is 0 Å². The minimum Gasteiger partial charge on any atom is -0.456 e. The Morgan fingerprint density at radius 3 is 1.95 bits per heavy atom. The molecule has 0 fully saturated rings. The predicted molar refractivity (Wildman–Crippen MR) is 243 cm³/mol. The summed E-state index contributed by atoms with van der Waals surface area (Å²) in [7, 11) is 0. The van der Waals surface area contributed by atoms with E-state index < -0.39 is 0 Å². The van der Waals surface area contributed by atoms with E-state index in [-0.39, 0.29) is 0 Å². The van der Waals surface area contributed by atoms with Crippen molar-refractivity contribution < 1.29 is 8.83 Å². The highest BCUT2D eigenvalue weighted by atomic mass is 32.1. The molecule has 0 aliphatic carbocycles. The summed E-state index contributed by atoms with van der Waals surface area (Å²) >= 11 is 1.85. The SMILES string of the molecule is c1ccc(-c2nc3c(ccc4oc5cc(-c6ccc(N(c7ccc(-c8cccc9ccccc89)cc7)c7cccc8c7sc7ccccc78)cc6)ccc5c43)o2)cc1. The molecule has 12 rings (SSSR count). The normalized spacial score (nSPS) is 11.8. The van der Waals surface area contributed by atoms with Crippen LogP contribution in [0.25, 0.3) is 97.7 Å². The van der Waals surface area contributed by atoms with Gasteiger partial charge in [0.2, 0.25) is 5.89 Å². The average molecular weight is 761 g/mol. The summed E-state index contributed by atoms with van der Waals surface area (Å²) in [6.45, 7) is 0. The average Bonchev–Trinajstić information content (AvgIpc) is 4.01. The van der Waals surface area contributed by atoms with E-state index in [0.29, 0.717) is 5.89 Å². The van der Waals surface area contributed by atoms with Gasteiger partial charge in [-0.2, -0.15) is 0 Å². The highest BCUT2D eigenvalue weighted by Gasteiger charge is 2.20. The maximum atomic E-state index is 6.46. The highest BCUT2D eigenvalue weighted by Crippen LogP contribution is 2.46. The number of aromatic nitrogens is 1. The number of anilines is 3. The van der Waals surface area contributed by atoms with Crippen LogP contribution in [-0.4, -0.2) is 4.98 Å². The van der Waals surface area contributed by atoms with Crippen molar-refractivity contribution in [2.24, 2.45) is 0 Å². The minimum atomic E-state index is 0.604. The number of hydrogen-bond acceptors (Lipinski definition) is 5. The number of thiophene rings is 1. The lowest BCUT2D eigenvalue weighted by Crippen LogP contribution is -2.10. The molecule has 0 bridgehead atoms. The second-order valence-corrected chi connectivity index (χ2v) is 15.7. The fraction of sp³-hybridized carbons (Fsp3) is 0. The lowest BCUT2D eigenvalue weighted by Gasteiger charge is -2.26. The Balaban J connectivity index is 0.949. The molecule has 0 atom stereocenters. The number of rotatable bonds is 6. The summed E-state index contributed by atoms with van der Waals surface area (Å²) in [6, 6.07) is 68.8. The van der Waals surface area contributed by atoms with E-state index in [0.717, 1.165) is 66.8 Å². The number of fused-ring (bicyclic) bond motifs is 9. The van der Waals surface area contributed by atoms with E-state index in [4.69, 9.17) is 13.8 Å². The van der Waals surface area contributed by atoms with Crippen molar-refractivity contribution in [3.05, 3.63) is 194 Å². The van der Waals surface area contributed by atoms with Crippen LogP contribution in [0.3, 0.4) is 0 Å². The van der Waals surface area contributed by atoms with Gasteiger partial charge in [0.1, 0.15) is 16.7 Å². The molecule has 9 aromatic carbocycles. The number of nitrogens with zero attached hydrogens (tertiary/aromatic N) is 2. The van der Waals surface area contributed by atoms with Crippen LogP contribution in [0, 0.1) is 0 Å². The Morgan fingerprint density at radius 2 is 1.10 bits per heavy atom. The second-order valence-electron chi connectivity index (χ2n) is 14.7. The molecule has 0 saturated heterocycles. The van der Waals surface area contributed by atoms with E-state index >= 15 is 0 Å². The van der Waals surface area contributed by atoms with Crippen molar-refractivity contribution in [3.8, 4) is 33.7 Å². The summed E-state index contributed by atoms with van der Waals surface area (Å²) in [6.07, 6.45) is 0. The van der Waals surface area contributed by atoms with Crippen molar-refractivity contribution in [2.75, 3.05) is 4.90 Å². The number of furan rings is 1. The molecule has 0 amide bonds. The van der Waals surface area contributed by atoms with Crippen molar-refractivity contribution in [3.63, 3.8) is 0 Å². The van der Waals surface area contributed by atoms with E-state index in [1.165, 1.54) is 42.1 Å². The van der Waals surface area contributed by atoms with Crippen LogP contribution in [0.4, 0.5) is 17.1 Å². The fourth-order valence-corrected chi connectivity index (χ4v) is 9.75. The van der Waals surface area contributed by atoms with Crippen LogP contribution in [0.5, 0.6) is 0 Å². The third-order valence-corrected chi connectivity index (χ3v) is 12.5. The lowest BCUT2D eigenvalue weighted by molar-refractivity contribution is 0.619. The summed E-state index contributed by atoms with van der Waals surface area (Å²) < 4.78 is 15.2. The number of benzene rings is 9. The molecule has 272 valence electrons. The zero-order chi connectivity index (χ0) is 38.2. The second kappa shape index (κ2) is 13.1. The van der Waals surface area contributed by atoms with Crippen molar-refractivity contribution >= 4 is 92.4 Å². The van der Waals surface area contributed by atoms with E-state index in [1.807, 2.05) is 53.8 Å². The van der Waals surface area contributed by atoms with Gasteiger partial charge in [-0.3, -0.25) is 0 Å². The van der Waals surface area contributed by atoms with Crippen LogP contribution in [0.1, 0.15) is 0 Å². The van der Waals surface area contributed by atoms with Crippen LogP contribution < -0.4 is 4.90 Å². The molecule has 0 aliphatic heterocycles. The van der Waals surface area contributed by atoms with E-state index in [1.54, 1.807) is 0 Å². The van der Waals surface area contributed by atoms with Gasteiger partial charge in [0.25, 0.3) is 0 Å². The molecule has 0 saturated carbocycles. The van der Waals surface area contributed by atoms with Crippen molar-refractivity contribution in [1.82, 2.24) is 4.98 Å². The first kappa shape index (κ1) is 32.7. The summed E-state index contributed by atoms with van der Waals surface area (Å²) in [5.41, 5.74) is 12.1. The van der Waals surface area contributed by atoms with Crippen LogP contribution in [0.2, 0.25) is 0 Å². The Labute approximate surface area is 337 Å². The number of hydrogen-bond donors (Lipinski definition) is 0. The van der Waals surface area contributed by atoms with Crippen LogP contribution in [-0.2, 0) is 0 Å². The molecule has 0 aliphatic rings. The van der Waals surface area contributed by atoms with Gasteiger partial charge in [0.15, 0.2) is 5.58 Å². The highest BCUT2D eigenvalue weighted by molar-refractivity contribution is 7.26. The fourth-order valence-electron chi connectivity index (χ4n) is 8.54. The first-order valence-electron chi connectivity index (χ1n) is 19.4. The van der Waals surface area contributed by atoms with Gasteiger partial charge in [-0.05, 0) is 106 Å². The number of oxazole rings is 1. The van der Waals surface area contributed by atoms with Crippen molar-refractivity contribution in [1.29, 1.82) is 0 Å². The standard InChI is InChI=1S/C53H32N2O2S/c1-2-11-36(12-3-1)53-54-51-47(57-53)31-30-46-50(51)44-29-24-37(32-48(44)56-46)33-20-25-38(26-21-33)55(45-18-9-17-43-42-15-6-7-19-49(42)58-52(43)45)39-27-22-35(23-28-39)41-16-8-13-34-10-4-5-14-40(34)41/h1-32H. The largest absolute Gasteiger partial charge is 0.456 e. The molecule has 3 aromatic heterocycles. The van der Waals surface area contributed by atoms with Gasteiger partial charge in [-0.15, -0.1) is 11.3 Å². The molecule has 0 spiro atoms. The summed E-state index contributed by atoms with van der Waals surface area (Å²) in [5.74, 6) is 0.604. The Bertz CT molecular complexity index is 3500. The topological polar surface area (TPSA) is 42.4 Å². The predicted octanol–water partition coefficient (Wildman–Crippen LogP) is 15.7. The van der Waals surface area contributed by atoms with Gasteiger partial charge in [-0.25, -0.2) is 4.98 Å². The van der Waals surface area contributed by atoms with Crippen molar-refractivity contribution in [2.45, 2.75) is 0 Å². The molecule has 0 radical (unpaired) electrons. The summed E-state index contributed by atoms with van der Waals surface area (Å²) in [4.78, 5) is 7.32. The van der Waals surface area contributed by atoms with Gasteiger partial charge in [0.05, 0.1) is 15.8 Å². The molecule has 5 heteroatoms.